The minimum Gasteiger partial charge on any atom is -0.422 e. The summed E-state index contributed by atoms with van der Waals surface area (Å²) in [5.74, 6) is -2.23. The van der Waals surface area contributed by atoms with E-state index in [1.807, 2.05) is 39.8 Å². The number of benzene rings is 1. The van der Waals surface area contributed by atoms with Gasteiger partial charge in [0.05, 0.1) is 0 Å². The van der Waals surface area contributed by atoms with E-state index in [-0.39, 0.29) is 22.6 Å². The SMILES string of the molecule is CC(C)c1cc(C(C)C)c(S(=O)(=O)OC2=CC(=O)OC(C)(C)O2)c(C(C)C)c1. The highest BCUT2D eigenvalue weighted by atomic mass is 32.2. The molecule has 28 heavy (non-hydrogen) atoms. The van der Waals surface area contributed by atoms with E-state index in [1.165, 1.54) is 13.8 Å². The Bertz CT molecular complexity index is 862. The van der Waals surface area contributed by atoms with Crippen molar-refractivity contribution in [1.82, 2.24) is 0 Å². The van der Waals surface area contributed by atoms with Gasteiger partial charge >= 0.3 is 22.0 Å². The predicted octanol–water partition coefficient (Wildman–Crippen LogP) is 4.91. The van der Waals surface area contributed by atoms with Gasteiger partial charge in [-0.05, 0) is 34.4 Å². The number of esters is 1. The molecule has 0 amide bonds. The smallest absolute Gasteiger partial charge is 0.342 e. The highest BCUT2D eigenvalue weighted by Crippen LogP contribution is 2.37. The van der Waals surface area contributed by atoms with Crippen LogP contribution in [0, 0.1) is 0 Å². The fourth-order valence-electron chi connectivity index (χ4n) is 3.03. The molecule has 0 spiro atoms. The number of hydrogen-bond acceptors (Lipinski definition) is 6. The maximum absolute atomic E-state index is 13.3. The number of rotatable bonds is 6. The van der Waals surface area contributed by atoms with Gasteiger partial charge < -0.3 is 13.7 Å². The minimum atomic E-state index is -4.23. The standard InChI is InChI=1S/C21H30O6S/c1-12(2)15-9-16(13(3)4)20(17(10-15)14(5)6)28(23,24)27-19-11-18(22)25-21(7,8)26-19/h9-14H,1-8H3. The molecule has 6 nitrogen and oxygen atoms in total. The molecule has 0 N–H and O–H groups in total. The van der Waals surface area contributed by atoms with Crippen molar-refractivity contribution in [2.24, 2.45) is 0 Å². The average Bonchev–Trinajstić information content (AvgIpc) is 2.50. The van der Waals surface area contributed by atoms with Crippen LogP contribution in [0.5, 0.6) is 0 Å². The summed E-state index contributed by atoms with van der Waals surface area (Å²) < 4.78 is 42.1. The molecule has 0 aromatic heterocycles. The third-order valence-corrected chi connectivity index (χ3v) is 5.80. The summed E-state index contributed by atoms with van der Waals surface area (Å²) in [5.41, 5.74) is 2.45. The molecule has 0 saturated heterocycles. The first-order valence-electron chi connectivity index (χ1n) is 9.49. The van der Waals surface area contributed by atoms with Crippen LogP contribution in [-0.4, -0.2) is 20.2 Å². The summed E-state index contributed by atoms with van der Waals surface area (Å²) in [7, 11) is -4.23. The van der Waals surface area contributed by atoms with E-state index in [9.17, 15) is 13.2 Å². The normalized spacial score (nSPS) is 16.8. The Morgan fingerprint density at radius 3 is 1.79 bits per heavy atom. The molecule has 0 atom stereocenters. The van der Waals surface area contributed by atoms with Gasteiger partial charge in [0.25, 0.3) is 5.79 Å². The molecule has 0 radical (unpaired) electrons. The van der Waals surface area contributed by atoms with Gasteiger partial charge in [-0.2, -0.15) is 8.42 Å². The van der Waals surface area contributed by atoms with Crippen molar-refractivity contribution < 1.29 is 26.9 Å². The van der Waals surface area contributed by atoms with Crippen LogP contribution in [0.15, 0.2) is 29.0 Å². The van der Waals surface area contributed by atoms with Gasteiger partial charge in [-0.1, -0.05) is 53.7 Å². The number of ether oxygens (including phenoxy) is 2. The van der Waals surface area contributed by atoms with Crippen molar-refractivity contribution in [3.63, 3.8) is 0 Å². The third-order valence-electron chi connectivity index (χ3n) is 4.45. The number of carbonyl (C=O) groups is 1. The summed E-state index contributed by atoms with van der Waals surface area (Å²) in [6.07, 6.45) is 0.898. The van der Waals surface area contributed by atoms with Crippen LogP contribution in [-0.2, 0) is 28.6 Å². The summed E-state index contributed by atoms with van der Waals surface area (Å²) in [6.45, 7) is 14.9. The minimum absolute atomic E-state index is 0.0350. The monoisotopic (exact) mass is 410 g/mol. The number of cyclic esters (lactones) is 1. The van der Waals surface area contributed by atoms with Crippen molar-refractivity contribution in [1.29, 1.82) is 0 Å². The lowest BCUT2D eigenvalue weighted by atomic mass is 9.89. The Hall–Kier alpha value is -2.02. The molecule has 2 rings (SSSR count). The Labute approximate surface area is 168 Å². The van der Waals surface area contributed by atoms with E-state index in [1.54, 1.807) is 0 Å². The first kappa shape index (κ1) is 22.3. The molecule has 1 aromatic carbocycles. The predicted molar refractivity (Wildman–Crippen MR) is 106 cm³/mol. The second kappa shape index (κ2) is 7.78. The molecule has 1 aromatic rings. The van der Waals surface area contributed by atoms with Crippen molar-refractivity contribution >= 4 is 16.1 Å². The largest absolute Gasteiger partial charge is 0.422 e. The van der Waals surface area contributed by atoms with Crippen LogP contribution in [0.3, 0.4) is 0 Å². The van der Waals surface area contributed by atoms with E-state index in [0.29, 0.717) is 11.1 Å². The van der Waals surface area contributed by atoms with Crippen molar-refractivity contribution in [3.8, 4) is 0 Å². The van der Waals surface area contributed by atoms with E-state index >= 15 is 0 Å². The van der Waals surface area contributed by atoms with Gasteiger partial charge in [-0.15, -0.1) is 0 Å². The van der Waals surface area contributed by atoms with Crippen LogP contribution in [0.2, 0.25) is 0 Å². The van der Waals surface area contributed by atoms with Crippen molar-refractivity contribution in [3.05, 3.63) is 40.8 Å². The highest BCUT2D eigenvalue weighted by molar-refractivity contribution is 7.87. The molecule has 156 valence electrons. The maximum atomic E-state index is 13.3. The fraction of sp³-hybridized carbons (Fsp3) is 0.571. The molecule has 1 heterocycles. The van der Waals surface area contributed by atoms with Gasteiger partial charge in [0, 0.05) is 13.8 Å². The van der Waals surface area contributed by atoms with Crippen LogP contribution in [0.4, 0.5) is 0 Å². The number of hydrogen-bond donors (Lipinski definition) is 0. The number of carbonyl (C=O) groups excluding carboxylic acids is 1. The van der Waals surface area contributed by atoms with E-state index < -0.39 is 27.8 Å². The van der Waals surface area contributed by atoms with Crippen molar-refractivity contribution in [2.45, 2.75) is 83.8 Å². The Morgan fingerprint density at radius 2 is 1.39 bits per heavy atom. The Balaban J connectivity index is 2.62. The van der Waals surface area contributed by atoms with Crippen LogP contribution in [0.25, 0.3) is 0 Å². The highest BCUT2D eigenvalue weighted by Gasteiger charge is 2.35. The zero-order chi connectivity index (χ0) is 21.4. The summed E-state index contributed by atoms with van der Waals surface area (Å²) >= 11 is 0. The molecule has 0 bridgehead atoms. The Kier molecular flexibility index (Phi) is 6.19. The van der Waals surface area contributed by atoms with Gasteiger partial charge in [0.15, 0.2) is 0 Å². The second-order valence-electron chi connectivity index (χ2n) is 8.42. The average molecular weight is 411 g/mol. The van der Waals surface area contributed by atoms with Gasteiger partial charge in [0.2, 0.25) is 0 Å². The first-order chi connectivity index (χ1) is 12.7. The van der Waals surface area contributed by atoms with Crippen LogP contribution >= 0.6 is 0 Å². The molecular weight excluding hydrogens is 380 g/mol. The molecule has 0 saturated carbocycles. The molecule has 0 fully saturated rings. The van der Waals surface area contributed by atoms with Crippen LogP contribution < -0.4 is 0 Å². The topological polar surface area (TPSA) is 78.9 Å². The van der Waals surface area contributed by atoms with Gasteiger partial charge in [-0.25, -0.2) is 4.79 Å². The lowest BCUT2D eigenvalue weighted by molar-refractivity contribution is -0.216. The van der Waals surface area contributed by atoms with Crippen molar-refractivity contribution in [2.75, 3.05) is 0 Å². The van der Waals surface area contributed by atoms with E-state index in [4.69, 9.17) is 13.7 Å². The third kappa shape index (κ3) is 4.87. The molecular formula is C21H30O6S. The summed E-state index contributed by atoms with van der Waals surface area (Å²) in [5, 5.41) is 0. The summed E-state index contributed by atoms with van der Waals surface area (Å²) in [6, 6.07) is 3.84. The fourth-order valence-corrected chi connectivity index (χ4v) is 4.58. The maximum Gasteiger partial charge on any atom is 0.342 e. The molecule has 0 aliphatic carbocycles. The second-order valence-corrected chi connectivity index (χ2v) is 9.90. The van der Waals surface area contributed by atoms with E-state index in [2.05, 4.69) is 13.8 Å². The van der Waals surface area contributed by atoms with Gasteiger partial charge in [0.1, 0.15) is 11.0 Å². The molecule has 7 heteroatoms. The van der Waals surface area contributed by atoms with Crippen LogP contribution in [0.1, 0.15) is 89.8 Å². The zero-order valence-corrected chi connectivity index (χ0v) is 18.6. The van der Waals surface area contributed by atoms with E-state index in [0.717, 1.165) is 11.6 Å². The molecule has 0 unspecified atom stereocenters. The quantitative estimate of drug-likeness (QED) is 0.490. The molecule has 1 aliphatic rings. The Morgan fingerprint density at radius 1 is 0.893 bits per heavy atom. The summed E-state index contributed by atoms with van der Waals surface area (Å²) in [4.78, 5) is 11.9. The first-order valence-corrected chi connectivity index (χ1v) is 10.9. The molecule has 1 aliphatic heterocycles. The lowest BCUT2D eigenvalue weighted by Gasteiger charge is -2.30. The van der Waals surface area contributed by atoms with Gasteiger partial charge in [-0.3, -0.25) is 0 Å². The lowest BCUT2D eigenvalue weighted by Crippen LogP contribution is -2.35. The zero-order valence-electron chi connectivity index (χ0n) is 17.8.